The fourth-order valence-electron chi connectivity index (χ4n) is 1.52. The Morgan fingerprint density at radius 3 is 3.00 bits per heavy atom. The number of aromatic nitrogens is 1. The van der Waals surface area contributed by atoms with Gasteiger partial charge in [-0.15, -0.1) is 11.8 Å². The van der Waals surface area contributed by atoms with Crippen LogP contribution >= 0.6 is 23.1 Å². The van der Waals surface area contributed by atoms with Crippen molar-refractivity contribution in [1.29, 1.82) is 0 Å². The molecule has 1 aromatic rings. The number of thioether (sulfide) groups is 1. The second kappa shape index (κ2) is 5.44. The number of thiazole rings is 1. The standard InChI is InChI=1S/C9H11N3O4S2/c13-7(14)6-3-17-4-12(6)8(15)10-1-5-2-18-9(16)11-5/h2,6H,1,3-4H2,(H,10,15)(H,11,16)(H,13,14). The normalized spacial score (nSPS) is 18.9. The summed E-state index contributed by atoms with van der Waals surface area (Å²) in [7, 11) is 0. The van der Waals surface area contributed by atoms with Gasteiger partial charge in [-0.25, -0.2) is 9.59 Å². The van der Waals surface area contributed by atoms with Crippen molar-refractivity contribution in [2.24, 2.45) is 0 Å². The zero-order valence-electron chi connectivity index (χ0n) is 9.21. The van der Waals surface area contributed by atoms with Crippen molar-refractivity contribution in [2.75, 3.05) is 11.6 Å². The van der Waals surface area contributed by atoms with Gasteiger partial charge in [0, 0.05) is 16.8 Å². The topological polar surface area (TPSA) is 102 Å². The minimum absolute atomic E-state index is 0.181. The summed E-state index contributed by atoms with van der Waals surface area (Å²) in [5.74, 6) is -0.236. The van der Waals surface area contributed by atoms with Crippen LogP contribution in [0.1, 0.15) is 5.69 Å². The van der Waals surface area contributed by atoms with Gasteiger partial charge in [0.1, 0.15) is 6.04 Å². The molecule has 2 rings (SSSR count). The fourth-order valence-corrected chi connectivity index (χ4v) is 3.25. The van der Waals surface area contributed by atoms with E-state index in [0.29, 0.717) is 17.3 Å². The summed E-state index contributed by atoms with van der Waals surface area (Å²) in [4.78, 5) is 37.3. The van der Waals surface area contributed by atoms with Gasteiger partial charge in [-0.1, -0.05) is 11.3 Å². The van der Waals surface area contributed by atoms with Crippen molar-refractivity contribution in [3.05, 3.63) is 20.7 Å². The number of hydrogen-bond acceptors (Lipinski definition) is 5. The largest absolute Gasteiger partial charge is 0.480 e. The zero-order chi connectivity index (χ0) is 13.1. The second-order valence-electron chi connectivity index (χ2n) is 3.66. The highest BCUT2D eigenvalue weighted by molar-refractivity contribution is 7.99. The third-order valence-corrected chi connectivity index (χ3v) is 4.16. The maximum Gasteiger partial charge on any atom is 0.327 e. The highest BCUT2D eigenvalue weighted by Gasteiger charge is 2.34. The molecular formula is C9H11N3O4S2. The van der Waals surface area contributed by atoms with Gasteiger partial charge in [-0.2, -0.15) is 0 Å². The Morgan fingerprint density at radius 1 is 1.61 bits per heavy atom. The average molecular weight is 289 g/mol. The van der Waals surface area contributed by atoms with Crippen molar-refractivity contribution >= 4 is 35.1 Å². The Balaban J connectivity index is 1.91. The predicted octanol–water partition coefficient (Wildman–Crippen LogP) is 0.106. The minimum Gasteiger partial charge on any atom is -0.480 e. The Kier molecular flexibility index (Phi) is 3.92. The van der Waals surface area contributed by atoms with E-state index in [4.69, 9.17) is 5.11 Å². The van der Waals surface area contributed by atoms with Gasteiger partial charge in [0.05, 0.1) is 12.4 Å². The maximum absolute atomic E-state index is 11.8. The van der Waals surface area contributed by atoms with Crippen molar-refractivity contribution in [3.63, 3.8) is 0 Å². The van der Waals surface area contributed by atoms with E-state index in [1.165, 1.54) is 16.7 Å². The van der Waals surface area contributed by atoms with Crippen molar-refractivity contribution in [3.8, 4) is 0 Å². The summed E-state index contributed by atoms with van der Waals surface area (Å²) in [6.07, 6.45) is 0. The minimum atomic E-state index is -1.00. The third-order valence-electron chi connectivity index (χ3n) is 2.43. The molecule has 0 bridgehead atoms. The first-order valence-corrected chi connectivity index (χ1v) is 7.13. The number of carboxylic acids is 1. The molecule has 1 unspecified atom stereocenters. The number of aliphatic carboxylic acids is 1. The van der Waals surface area contributed by atoms with Gasteiger partial charge in [-0.3, -0.25) is 4.79 Å². The van der Waals surface area contributed by atoms with Crippen LogP contribution in [-0.4, -0.2) is 44.7 Å². The molecule has 0 radical (unpaired) electrons. The van der Waals surface area contributed by atoms with Crippen molar-refractivity contribution < 1.29 is 14.7 Å². The predicted molar refractivity (Wildman–Crippen MR) is 67.8 cm³/mol. The molecule has 2 heterocycles. The molecule has 7 nitrogen and oxygen atoms in total. The number of aromatic amines is 1. The molecule has 1 aromatic heterocycles. The van der Waals surface area contributed by atoms with Crippen LogP contribution in [-0.2, 0) is 11.3 Å². The number of amides is 2. The van der Waals surface area contributed by atoms with Crippen LogP contribution in [0.15, 0.2) is 10.2 Å². The SMILES string of the molecule is O=C(O)C1CSCN1C(=O)NCc1csc(=O)[nH]1. The van der Waals surface area contributed by atoms with Crippen molar-refractivity contribution in [1.82, 2.24) is 15.2 Å². The lowest BCUT2D eigenvalue weighted by Crippen LogP contribution is -2.46. The molecule has 1 atom stereocenters. The number of nitrogens with one attached hydrogen (secondary N) is 2. The van der Waals surface area contributed by atoms with Gasteiger partial charge in [0.25, 0.3) is 0 Å². The Bertz CT molecular complexity index is 512. The van der Waals surface area contributed by atoms with Crippen LogP contribution in [0.25, 0.3) is 0 Å². The van der Waals surface area contributed by atoms with Crippen LogP contribution in [0.3, 0.4) is 0 Å². The first-order valence-electron chi connectivity index (χ1n) is 5.09. The quantitative estimate of drug-likeness (QED) is 0.732. The zero-order valence-corrected chi connectivity index (χ0v) is 10.8. The molecule has 3 N–H and O–H groups in total. The Hall–Kier alpha value is -1.48. The summed E-state index contributed by atoms with van der Waals surface area (Å²) in [6.45, 7) is 0.186. The molecule has 0 saturated carbocycles. The second-order valence-corrected chi connectivity index (χ2v) is 5.50. The van der Waals surface area contributed by atoms with Crippen LogP contribution in [0.4, 0.5) is 4.79 Å². The molecule has 0 spiro atoms. The van der Waals surface area contributed by atoms with Crippen LogP contribution in [0.2, 0.25) is 0 Å². The van der Waals surface area contributed by atoms with Crippen LogP contribution in [0.5, 0.6) is 0 Å². The molecule has 1 fully saturated rings. The lowest BCUT2D eigenvalue weighted by molar-refractivity contribution is -0.140. The van der Waals surface area contributed by atoms with E-state index in [2.05, 4.69) is 10.3 Å². The van der Waals surface area contributed by atoms with E-state index in [9.17, 15) is 14.4 Å². The Labute approximate surface area is 110 Å². The van der Waals surface area contributed by atoms with Crippen molar-refractivity contribution in [2.45, 2.75) is 12.6 Å². The molecule has 1 aliphatic rings. The fraction of sp³-hybridized carbons (Fsp3) is 0.444. The number of nitrogens with zero attached hydrogens (tertiary/aromatic N) is 1. The summed E-state index contributed by atoms with van der Waals surface area (Å²) in [6, 6.07) is -1.21. The Morgan fingerprint density at radius 2 is 2.39 bits per heavy atom. The number of rotatable bonds is 3. The molecular weight excluding hydrogens is 278 g/mol. The first kappa shape index (κ1) is 13.0. The number of H-pyrrole nitrogens is 1. The highest BCUT2D eigenvalue weighted by atomic mass is 32.2. The lowest BCUT2D eigenvalue weighted by atomic mass is 10.3. The number of hydrogen-bond donors (Lipinski definition) is 3. The number of carboxylic acid groups (broad SMARTS) is 1. The van der Waals surface area contributed by atoms with Crippen LogP contribution in [0, 0.1) is 0 Å². The molecule has 98 valence electrons. The molecule has 0 aliphatic carbocycles. The van der Waals surface area contributed by atoms with Gasteiger partial charge in [-0.05, 0) is 0 Å². The summed E-state index contributed by atoms with van der Waals surface area (Å²) in [5.41, 5.74) is 0.608. The average Bonchev–Trinajstić information content (AvgIpc) is 2.94. The van der Waals surface area contributed by atoms with Crippen LogP contribution < -0.4 is 10.2 Å². The monoisotopic (exact) mass is 289 g/mol. The van der Waals surface area contributed by atoms with E-state index >= 15 is 0 Å². The number of carbonyl (C=O) groups excluding carboxylic acids is 1. The smallest absolute Gasteiger partial charge is 0.327 e. The van der Waals surface area contributed by atoms with Gasteiger partial charge in [0.15, 0.2) is 0 Å². The molecule has 0 aromatic carbocycles. The molecule has 9 heteroatoms. The first-order chi connectivity index (χ1) is 8.58. The molecule has 1 aliphatic heterocycles. The summed E-state index contributed by atoms with van der Waals surface area (Å²) < 4.78 is 0. The van der Waals surface area contributed by atoms with Gasteiger partial charge < -0.3 is 20.3 Å². The van der Waals surface area contributed by atoms with E-state index in [-0.39, 0.29) is 11.4 Å². The number of carbonyl (C=O) groups is 2. The van der Waals surface area contributed by atoms with Gasteiger partial charge >= 0.3 is 16.9 Å². The van der Waals surface area contributed by atoms with Gasteiger partial charge in [0.2, 0.25) is 0 Å². The summed E-state index contributed by atoms with van der Waals surface area (Å²) in [5, 5.41) is 13.1. The van der Waals surface area contributed by atoms with E-state index in [0.717, 1.165) is 11.3 Å². The van der Waals surface area contributed by atoms with E-state index in [1.807, 2.05) is 0 Å². The molecule has 2 amide bonds. The van der Waals surface area contributed by atoms with E-state index in [1.54, 1.807) is 5.38 Å². The maximum atomic E-state index is 11.8. The molecule has 18 heavy (non-hydrogen) atoms. The number of urea groups is 1. The lowest BCUT2D eigenvalue weighted by Gasteiger charge is -2.20. The summed E-state index contributed by atoms with van der Waals surface area (Å²) >= 11 is 2.42. The third kappa shape index (κ3) is 2.85. The van der Waals surface area contributed by atoms with E-state index < -0.39 is 18.0 Å². The molecule has 1 saturated heterocycles. The highest BCUT2D eigenvalue weighted by Crippen LogP contribution is 2.20.